The van der Waals surface area contributed by atoms with Gasteiger partial charge in [0.05, 0.1) is 13.4 Å². The molecule has 5 heteroatoms. The van der Waals surface area contributed by atoms with Crippen molar-refractivity contribution < 1.29 is 18.7 Å². The average Bonchev–Trinajstić information content (AvgIpc) is 2.95. The number of rotatable bonds is 4. The first-order valence-electron chi connectivity index (χ1n) is 6.55. The molecule has 108 valence electrons. The van der Waals surface area contributed by atoms with Gasteiger partial charge in [-0.2, -0.15) is 0 Å². The first-order chi connectivity index (χ1) is 9.55. The normalized spacial score (nSPS) is 26.1. The fraction of sp³-hybridized carbons (Fsp3) is 0.467. The number of hydrogen-bond donors (Lipinski definition) is 0. The van der Waals surface area contributed by atoms with Crippen LogP contribution in [0.2, 0.25) is 0 Å². The van der Waals surface area contributed by atoms with E-state index in [2.05, 4.69) is 11.6 Å². The molecule has 2 heterocycles. The highest BCUT2D eigenvalue weighted by Crippen LogP contribution is 2.37. The summed E-state index contributed by atoms with van der Waals surface area (Å²) in [6.07, 6.45) is 2.94. The maximum Gasteiger partial charge on any atom is 0.343 e. The van der Waals surface area contributed by atoms with E-state index >= 15 is 0 Å². The molecule has 1 aliphatic heterocycles. The predicted octanol–water partition coefficient (Wildman–Crippen LogP) is 2.68. The SMILES string of the molecule is C=CC[C@@]1(c2ccco2)N=C(OC)[C@H](C(C)C)OC1=O. The molecule has 1 aromatic rings. The molecule has 0 bridgehead atoms. The summed E-state index contributed by atoms with van der Waals surface area (Å²) < 4.78 is 16.2. The number of carbonyl (C=O) groups is 1. The molecule has 0 aromatic carbocycles. The fourth-order valence-electron chi connectivity index (χ4n) is 2.25. The van der Waals surface area contributed by atoms with Crippen LogP contribution in [0.1, 0.15) is 26.0 Å². The highest BCUT2D eigenvalue weighted by atomic mass is 16.6. The van der Waals surface area contributed by atoms with Gasteiger partial charge in [0, 0.05) is 6.42 Å². The van der Waals surface area contributed by atoms with E-state index < -0.39 is 17.6 Å². The average molecular weight is 277 g/mol. The van der Waals surface area contributed by atoms with Crippen LogP contribution < -0.4 is 0 Å². The van der Waals surface area contributed by atoms with Crippen LogP contribution in [0.3, 0.4) is 0 Å². The van der Waals surface area contributed by atoms with Crippen LogP contribution >= 0.6 is 0 Å². The van der Waals surface area contributed by atoms with Crippen LogP contribution in [0.15, 0.2) is 40.5 Å². The zero-order valence-electron chi connectivity index (χ0n) is 12.0. The number of cyclic esters (lactones) is 1. The molecule has 0 unspecified atom stereocenters. The number of aliphatic imine (C=N–C) groups is 1. The van der Waals surface area contributed by atoms with Gasteiger partial charge in [-0.05, 0) is 18.1 Å². The lowest BCUT2D eigenvalue weighted by atomic mass is 9.90. The summed E-state index contributed by atoms with van der Waals surface area (Å²) >= 11 is 0. The van der Waals surface area contributed by atoms with Crippen LogP contribution in [0.25, 0.3) is 0 Å². The summed E-state index contributed by atoms with van der Waals surface area (Å²) in [5, 5.41) is 0. The highest BCUT2D eigenvalue weighted by molar-refractivity contribution is 5.94. The Balaban J connectivity index is 2.54. The third-order valence-electron chi connectivity index (χ3n) is 3.30. The van der Waals surface area contributed by atoms with Crippen LogP contribution in [-0.2, 0) is 19.8 Å². The number of furan rings is 1. The van der Waals surface area contributed by atoms with E-state index in [1.807, 2.05) is 13.8 Å². The van der Waals surface area contributed by atoms with Gasteiger partial charge in [0.25, 0.3) is 0 Å². The molecule has 0 saturated carbocycles. The molecule has 0 spiro atoms. The van der Waals surface area contributed by atoms with Crippen molar-refractivity contribution in [3.63, 3.8) is 0 Å². The third kappa shape index (κ3) is 2.24. The summed E-state index contributed by atoms with van der Waals surface area (Å²) in [5.74, 6) is 0.472. The first-order valence-corrected chi connectivity index (χ1v) is 6.55. The van der Waals surface area contributed by atoms with Gasteiger partial charge in [-0.3, -0.25) is 0 Å². The minimum atomic E-state index is -1.23. The lowest BCUT2D eigenvalue weighted by molar-refractivity contribution is -0.158. The molecule has 1 aromatic heterocycles. The Labute approximate surface area is 118 Å². The van der Waals surface area contributed by atoms with Crippen molar-refractivity contribution >= 4 is 11.9 Å². The number of carbonyl (C=O) groups excluding carboxylic acids is 1. The van der Waals surface area contributed by atoms with Crippen molar-refractivity contribution in [2.75, 3.05) is 7.11 Å². The summed E-state index contributed by atoms with van der Waals surface area (Å²) in [4.78, 5) is 17.0. The van der Waals surface area contributed by atoms with Crippen molar-refractivity contribution in [1.29, 1.82) is 0 Å². The second kappa shape index (κ2) is 5.53. The van der Waals surface area contributed by atoms with Gasteiger partial charge in [0.1, 0.15) is 5.76 Å². The molecule has 0 amide bonds. The zero-order valence-corrected chi connectivity index (χ0v) is 12.0. The molecular weight excluding hydrogens is 258 g/mol. The topological polar surface area (TPSA) is 61.0 Å². The molecule has 1 aliphatic rings. The summed E-state index contributed by atoms with van der Waals surface area (Å²) in [6.45, 7) is 7.58. The quantitative estimate of drug-likeness (QED) is 0.627. The van der Waals surface area contributed by atoms with E-state index in [1.165, 1.54) is 13.4 Å². The van der Waals surface area contributed by atoms with Crippen LogP contribution in [0, 0.1) is 5.92 Å². The number of nitrogens with zero attached hydrogens (tertiary/aromatic N) is 1. The van der Waals surface area contributed by atoms with Gasteiger partial charge in [-0.15, -0.1) is 6.58 Å². The van der Waals surface area contributed by atoms with Crippen molar-refractivity contribution in [2.45, 2.75) is 31.9 Å². The van der Waals surface area contributed by atoms with E-state index in [0.717, 1.165) is 0 Å². The van der Waals surface area contributed by atoms with E-state index in [4.69, 9.17) is 13.9 Å². The Morgan fingerprint density at radius 2 is 2.35 bits per heavy atom. The van der Waals surface area contributed by atoms with Gasteiger partial charge in [0.2, 0.25) is 11.4 Å². The van der Waals surface area contributed by atoms with Crippen molar-refractivity contribution in [1.82, 2.24) is 0 Å². The second-order valence-corrected chi connectivity index (χ2v) is 5.05. The zero-order chi connectivity index (χ0) is 14.8. The Kier molecular flexibility index (Phi) is 3.97. The molecule has 0 saturated heterocycles. The molecule has 2 rings (SSSR count). The molecular formula is C15H19NO4. The maximum absolute atomic E-state index is 12.5. The van der Waals surface area contributed by atoms with Crippen LogP contribution in [0.4, 0.5) is 0 Å². The lowest BCUT2D eigenvalue weighted by Crippen LogP contribution is -2.48. The first kappa shape index (κ1) is 14.4. The van der Waals surface area contributed by atoms with Gasteiger partial charge < -0.3 is 13.9 Å². The Morgan fingerprint density at radius 1 is 1.60 bits per heavy atom. The Bertz CT molecular complexity index is 518. The van der Waals surface area contributed by atoms with Crippen molar-refractivity contribution in [3.05, 3.63) is 36.8 Å². The van der Waals surface area contributed by atoms with Gasteiger partial charge >= 0.3 is 5.97 Å². The minimum absolute atomic E-state index is 0.0796. The van der Waals surface area contributed by atoms with Crippen LogP contribution in [0.5, 0.6) is 0 Å². The molecule has 0 N–H and O–H groups in total. The smallest absolute Gasteiger partial charge is 0.343 e. The van der Waals surface area contributed by atoms with Gasteiger partial charge in [0.15, 0.2) is 6.10 Å². The Morgan fingerprint density at radius 3 is 2.85 bits per heavy atom. The number of esters is 1. The molecule has 2 atom stereocenters. The van der Waals surface area contributed by atoms with Gasteiger partial charge in [-0.25, -0.2) is 9.79 Å². The lowest BCUT2D eigenvalue weighted by Gasteiger charge is -2.34. The molecule has 20 heavy (non-hydrogen) atoms. The standard InChI is InChI=1S/C15H19NO4/c1-5-8-15(11-7-6-9-19-11)14(17)20-12(10(2)3)13(16-15)18-4/h5-7,9-10,12H,1,8H2,2-4H3/t12-,15-/m0/s1. The number of hydrogen-bond acceptors (Lipinski definition) is 5. The van der Waals surface area contributed by atoms with E-state index in [1.54, 1.807) is 18.2 Å². The van der Waals surface area contributed by atoms with Crippen molar-refractivity contribution in [3.8, 4) is 0 Å². The van der Waals surface area contributed by atoms with E-state index in [0.29, 0.717) is 11.7 Å². The second-order valence-electron chi connectivity index (χ2n) is 5.05. The van der Waals surface area contributed by atoms with Crippen LogP contribution in [-0.4, -0.2) is 25.1 Å². The van der Waals surface area contributed by atoms with E-state index in [9.17, 15) is 4.79 Å². The molecule has 5 nitrogen and oxygen atoms in total. The molecule has 0 aliphatic carbocycles. The minimum Gasteiger partial charge on any atom is -0.482 e. The fourth-order valence-corrected chi connectivity index (χ4v) is 2.25. The monoisotopic (exact) mass is 277 g/mol. The Hall–Kier alpha value is -2.04. The predicted molar refractivity (Wildman–Crippen MR) is 74.4 cm³/mol. The van der Waals surface area contributed by atoms with E-state index in [-0.39, 0.29) is 12.3 Å². The summed E-state index contributed by atoms with van der Waals surface area (Å²) in [5.41, 5.74) is -1.23. The highest BCUT2D eigenvalue weighted by Gasteiger charge is 2.50. The number of ether oxygens (including phenoxy) is 2. The summed E-state index contributed by atoms with van der Waals surface area (Å²) in [6, 6.07) is 3.42. The largest absolute Gasteiger partial charge is 0.482 e. The maximum atomic E-state index is 12.5. The summed E-state index contributed by atoms with van der Waals surface area (Å²) in [7, 11) is 1.52. The molecule has 0 radical (unpaired) electrons. The molecule has 0 fully saturated rings. The van der Waals surface area contributed by atoms with Crippen molar-refractivity contribution in [2.24, 2.45) is 10.9 Å². The van der Waals surface area contributed by atoms with Gasteiger partial charge in [-0.1, -0.05) is 19.9 Å². The third-order valence-corrected chi connectivity index (χ3v) is 3.30. The number of methoxy groups -OCH3 is 1.